The average molecular weight is 358 g/mol. The van der Waals surface area contributed by atoms with Crippen molar-refractivity contribution in [3.05, 3.63) is 35.9 Å². The van der Waals surface area contributed by atoms with E-state index in [4.69, 9.17) is 4.74 Å². The molecule has 0 N–H and O–H groups in total. The van der Waals surface area contributed by atoms with Crippen LogP contribution in [-0.4, -0.2) is 53.5 Å². The minimum absolute atomic E-state index is 0.0118. The first-order valence-electron chi connectivity index (χ1n) is 9.79. The Kier molecular flexibility index (Phi) is 5.97. The van der Waals surface area contributed by atoms with Crippen molar-refractivity contribution >= 4 is 11.8 Å². The largest absolute Gasteiger partial charge is 0.356 e. The van der Waals surface area contributed by atoms with Crippen molar-refractivity contribution in [1.82, 2.24) is 9.80 Å². The molecule has 142 valence electrons. The van der Waals surface area contributed by atoms with Gasteiger partial charge < -0.3 is 14.5 Å². The molecule has 0 radical (unpaired) electrons. The second-order valence-corrected chi connectivity index (χ2v) is 7.66. The molecule has 0 unspecified atom stereocenters. The Bertz CT molecular complexity index is 623. The Morgan fingerprint density at radius 1 is 1.19 bits per heavy atom. The fourth-order valence-corrected chi connectivity index (χ4v) is 4.17. The van der Waals surface area contributed by atoms with Gasteiger partial charge in [0.25, 0.3) is 5.91 Å². The SMILES string of the molecule is CCC1CCN(C(=O)[C@H]2OCC(=O)N(C(C)C)[C@@H]2c2ccccc2)CC1. The van der Waals surface area contributed by atoms with E-state index in [1.54, 1.807) is 0 Å². The lowest BCUT2D eigenvalue weighted by atomic mass is 9.92. The number of morpholine rings is 1. The van der Waals surface area contributed by atoms with E-state index in [9.17, 15) is 9.59 Å². The number of carbonyl (C=O) groups is 2. The predicted molar refractivity (Wildman–Crippen MR) is 101 cm³/mol. The highest BCUT2D eigenvalue weighted by Crippen LogP contribution is 2.33. The number of piperidine rings is 1. The summed E-state index contributed by atoms with van der Waals surface area (Å²) in [6, 6.07) is 9.44. The first kappa shape index (κ1) is 18.9. The van der Waals surface area contributed by atoms with E-state index in [-0.39, 0.29) is 30.5 Å². The van der Waals surface area contributed by atoms with Gasteiger partial charge in [0, 0.05) is 19.1 Å². The fourth-order valence-electron chi connectivity index (χ4n) is 4.17. The predicted octanol–water partition coefficient (Wildman–Crippen LogP) is 3.01. The molecule has 1 aromatic carbocycles. The van der Waals surface area contributed by atoms with Crippen LogP contribution in [0.1, 0.15) is 51.6 Å². The number of likely N-dealkylation sites (tertiary alicyclic amines) is 1. The topological polar surface area (TPSA) is 49.9 Å². The van der Waals surface area contributed by atoms with E-state index in [1.165, 1.54) is 6.42 Å². The van der Waals surface area contributed by atoms with Gasteiger partial charge in [-0.15, -0.1) is 0 Å². The van der Waals surface area contributed by atoms with Crippen molar-refractivity contribution in [3.8, 4) is 0 Å². The minimum Gasteiger partial charge on any atom is -0.356 e. The Hall–Kier alpha value is -1.88. The third-order valence-corrected chi connectivity index (χ3v) is 5.71. The van der Waals surface area contributed by atoms with Crippen LogP contribution in [0, 0.1) is 5.92 Å². The van der Waals surface area contributed by atoms with Gasteiger partial charge in [-0.05, 0) is 38.2 Å². The van der Waals surface area contributed by atoms with Crippen LogP contribution in [0.25, 0.3) is 0 Å². The van der Waals surface area contributed by atoms with Gasteiger partial charge in [-0.2, -0.15) is 0 Å². The zero-order valence-electron chi connectivity index (χ0n) is 16.1. The highest BCUT2D eigenvalue weighted by atomic mass is 16.5. The van der Waals surface area contributed by atoms with Crippen LogP contribution in [-0.2, 0) is 14.3 Å². The van der Waals surface area contributed by atoms with Crippen LogP contribution in [0.15, 0.2) is 30.3 Å². The molecule has 0 bridgehead atoms. The van der Waals surface area contributed by atoms with Crippen molar-refractivity contribution in [2.45, 2.75) is 58.2 Å². The molecule has 2 aliphatic heterocycles. The lowest BCUT2D eigenvalue weighted by molar-refractivity contribution is -0.172. The summed E-state index contributed by atoms with van der Waals surface area (Å²) in [4.78, 5) is 29.5. The first-order valence-corrected chi connectivity index (χ1v) is 9.79. The Balaban J connectivity index is 1.86. The molecule has 2 atom stereocenters. The zero-order chi connectivity index (χ0) is 18.7. The number of hydrogen-bond acceptors (Lipinski definition) is 3. The number of hydrogen-bond donors (Lipinski definition) is 0. The molecule has 2 amide bonds. The van der Waals surface area contributed by atoms with E-state index in [0.717, 1.165) is 31.5 Å². The maximum absolute atomic E-state index is 13.3. The molecule has 0 aromatic heterocycles. The second-order valence-electron chi connectivity index (χ2n) is 7.66. The maximum Gasteiger partial charge on any atom is 0.254 e. The minimum atomic E-state index is -0.629. The smallest absolute Gasteiger partial charge is 0.254 e. The molecule has 3 rings (SSSR count). The molecular weight excluding hydrogens is 328 g/mol. The summed E-state index contributed by atoms with van der Waals surface area (Å²) in [5, 5.41) is 0. The van der Waals surface area contributed by atoms with Crippen LogP contribution in [0.2, 0.25) is 0 Å². The van der Waals surface area contributed by atoms with Crippen LogP contribution in [0.5, 0.6) is 0 Å². The Labute approximate surface area is 156 Å². The molecule has 0 spiro atoms. The molecular formula is C21H30N2O3. The van der Waals surface area contributed by atoms with E-state index >= 15 is 0 Å². The molecule has 5 heteroatoms. The third-order valence-electron chi connectivity index (χ3n) is 5.71. The molecule has 0 saturated carbocycles. The molecule has 5 nitrogen and oxygen atoms in total. The number of nitrogens with zero attached hydrogens (tertiary/aromatic N) is 2. The summed E-state index contributed by atoms with van der Waals surface area (Å²) in [5.74, 6) is 0.680. The van der Waals surface area contributed by atoms with E-state index in [2.05, 4.69) is 6.92 Å². The quantitative estimate of drug-likeness (QED) is 0.831. The van der Waals surface area contributed by atoms with E-state index < -0.39 is 6.10 Å². The van der Waals surface area contributed by atoms with Crippen LogP contribution in [0.4, 0.5) is 0 Å². The number of rotatable bonds is 4. The highest BCUT2D eigenvalue weighted by molar-refractivity contribution is 5.86. The molecule has 1 aromatic rings. The van der Waals surface area contributed by atoms with Crippen molar-refractivity contribution in [2.24, 2.45) is 5.92 Å². The monoisotopic (exact) mass is 358 g/mol. The van der Waals surface area contributed by atoms with Crippen LogP contribution >= 0.6 is 0 Å². The Morgan fingerprint density at radius 3 is 2.42 bits per heavy atom. The van der Waals surface area contributed by atoms with Gasteiger partial charge in [0.2, 0.25) is 5.91 Å². The third kappa shape index (κ3) is 3.78. The zero-order valence-corrected chi connectivity index (χ0v) is 16.1. The molecule has 0 aliphatic carbocycles. The number of ether oxygens (including phenoxy) is 1. The molecule has 2 heterocycles. The summed E-state index contributed by atoms with van der Waals surface area (Å²) in [6.45, 7) is 7.75. The van der Waals surface area contributed by atoms with E-state index in [1.807, 2.05) is 54.0 Å². The molecule has 26 heavy (non-hydrogen) atoms. The lowest BCUT2D eigenvalue weighted by Crippen LogP contribution is -2.57. The molecule has 2 saturated heterocycles. The van der Waals surface area contributed by atoms with Crippen molar-refractivity contribution in [3.63, 3.8) is 0 Å². The summed E-state index contributed by atoms with van der Waals surface area (Å²) in [6.07, 6.45) is 2.65. The normalized spacial score (nSPS) is 25.0. The van der Waals surface area contributed by atoms with Crippen LogP contribution in [0.3, 0.4) is 0 Å². The summed E-state index contributed by atoms with van der Waals surface area (Å²) >= 11 is 0. The highest BCUT2D eigenvalue weighted by Gasteiger charge is 2.44. The van der Waals surface area contributed by atoms with Crippen LogP contribution < -0.4 is 0 Å². The first-order chi connectivity index (χ1) is 12.5. The summed E-state index contributed by atoms with van der Waals surface area (Å²) in [5.41, 5.74) is 0.955. The van der Waals surface area contributed by atoms with Gasteiger partial charge in [-0.3, -0.25) is 9.59 Å². The Morgan fingerprint density at radius 2 is 1.85 bits per heavy atom. The van der Waals surface area contributed by atoms with Gasteiger partial charge >= 0.3 is 0 Å². The second kappa shape index (κ2) is 8.21. The lowest BCUT2D eigenvalue weighted by Gasteiger charge is -2.44. The van der Waals surface area contributed by atoms with Gasteiger partial charge in [0.15, 0.2) is 6.10 Å². The van der Waals surface area contributed by atoms with Gasteiger partial charge in [-0.25, -0.2) is 0 Å². The number of amides is 2. The molecule has 2 fully saturated rings. The van der Waals surface area contributed by atoms with Crippen molar-refractivity contribution in [2.75, 3.05) is 19.7 Å². The van der Waals surface area contributed by atoms with E-state index in [0.29, 0.717) is 5.92 Å². The fraction of sp³-hybridized carbons (Fsp3) is 0.619. The average Bonchev–Trinajstić information content (AvgIpc) is 2.67. The summed E-state index contributed by atoms with van der Waals surface area (Å²) < 4.78 is 5.82. The maximum atomic E-state index is 13.3. The van der Waals surface area contributed by atoms with Gasteiger partial charge in [0.1, 0.15) is 6.61 Å². The number of carbonyl (C=O) groups excluding carboxylic acids is 2. The van der Waals surface area contributed by atoms with Crippen molar-refractivity contribution in [1.29, 1.82) is 0 Å². The number of benzene rings is 1. The molecule has 2 aliphatic rings. The standard InChI is InChI=1S/C21H30N2O3/c1-4-16-10-12-22(13-11-16)21(25)20-19(17-8-6-5-7-9-17)23(15(2)3)18(24)14-26-20/h5-9,15-16,19-20H,4,10-14H2,1-3H3/t19-,20+/m1/s1. The van der Waals surface area contributed by atoms with Crippen molar-refractivity contribution < 1.29 is 14.3 Å². The van der Waals surface area contributed by atoms with Gasteiger partial charge in [0.05, 0.1) is 6.04 Å². The summed E-state index contributed by atoms with van der Waals surface area (Å²) in [7, 11) is 0. The van der Waals surface area contributed by atoms with Gasteiger partial charge in [-0.1, -0.05) is 43.7 Å².